The molecular formula is C21H33NO5Si. The van der Waals surface area contributed by atoms with E-state index in [1.54, 1.807) is 6.21 Å². The minimum absolute atomic E-state index is 0.0222. The van der Waals surface area contributed by atoms with Gasteiger partial charge in [-0.25, -0.2) is 0 Å². The Hall–Kier alpha value is -1.54. The van der Waals surface area contributed by atoms with E-state index in [9.17, 15) is 4.79 Å². The van der Waals surface area contributed by atoms with Crippen molar-refractivity contribution in [1.29, 1.82) is 0 Å². The molecular weight excluding hydrogens is 374 g/mol. The van der Waals surface area contributed by atoms with Crippen LogP contribution in [0.25, 0.3) is 0 Å². The van der Waals surface area contributed by atoms with Gasteiger partial charge in [-0.1, -0.05) is 56.3 Å². The van der Waals surface area contributed by atoms with Crippen LogP contribution < -0.4 is 0 Å². The van der Waals surface area contributed by atoms with Gasteiger partial charge in [-0.05, 0) is 37.5 Å². The standard InChI is InChI=1S/C21H33NO5Si/c1-20(2,3)28(6,7)27-18(14-23)19-17(25-21(4,5)26-19)13-22-24-15-16-11-9-8-10-12-16/h8-14,17-19H,15H2,1-7H3/b22-13+/t17-,18-,19-/m1/s1. The fourth-order valence-corrected chi connectivity index (χ4v) is 3.89. The quantitative estimate of drug-likeness (QED) is 0.278. The first-order valence-corrected chi connectivity index (χ1v) is 12.5. The summed E-state index contributed by atoms with van der Waals surface area (Å²) in [6.45, 7) is 14.6. The number of hydrogen-bond donors (Lipinski definition) is 0. The van der Waals surface area contributed by atoms with Gasteiger partial charge >= 0.3 is 0 Å². The van der Waals surface area contributed by atoms with Gasteiger partial charge in [0.25, 0.3) is 0 Å². The van der Waals surface area contributed by atoms with Crippen molar-refractivity contribution in [2.24, 2.45) is 5.16 Å². The Labute approximate surface area is 169 Å². The molecule has 1 aromatic rings. The Bertz CT molecular complexity index is 669. The third-order valence-corrected chi connectivity index (χ3v) is 9.69. The van der Waals surface area contributed by atoms with Crippen molar-refractivity contribution in [3.63, 3.8) is 0 Å². The molecule has 1 aromatic carbocycles. The van der Waals surface area contributed by atoms with Crippen molar-refractivity contribution >= 4 is 20.8 Å². The Kier molecular flexibility index (Phi) is 7.20. The van der Waals surface area contributed by atoms with Gasteiger partial charge in [0.05, 0.1) is 6.21 Å². The van der Waals surface area contributed by atoms with Crippen LogP contribution in [0.3, 0.4) is 0 Å². The number of benzene rings is 1. The predicted octanol–water partition coefficient (Wildman–Crippen LogP) is 4.30. The summed E-state index contributed by atoms with van der Waals surface area (Å²) in [5, 5.41) is 4.01. The maximum Gasteiger partial charge on any atom is 0.193 e. The van der Waals surface area contributed by atoms with Crippen LogP contribution in [0.1, 0.15) is 40.2 Å². The molecule has 0 amide bonds. The molecule has 1 fully saturated rings. The Morgan fingerprint density at radius 2 is 1.86 bits per heavy atom. The summed E-state index contributed by atoms with van der Waals surface area (Å²) in [5.41, 5.74) is 1.02. The zero-order valence-corrected chi connectivity index (χ0v) is 19.0. The van der Waals surface area contributed by atoms with Gasteiger partial charge in [-0.3, -0.25) is 0 Å². The lowest BCUT2D eigenvalue weighted by molar-refractivity contribution is -0.153. The van der Waals surface area contributed by atoms with Crippen molar-refractivity contribution in [3.05, 3.63) is 35.9 Å². The molecule has 0 aliphatic carbocycles. The summed E-state index contributed by atoms with van der Waals surface area (Å²) in [6.07, 6.45) is 0.514. The highest BCUT2D eigenvalue weighted by Crippen LogP contribution is 2.39. The normalized spacial score (nSPS) is 23.7. The minimum Gasteiger partial charge on any atom is -0.404 e. The van der Waals surface area contributed by atoms with Crippen molar-refractivity contribution < 1.29 is 23.5 Å². The van der Waals surface area contributed by atoms with Gasteiger partial charge in [0, 0.05) is 0 Å². The molecule has 0 bridgehead atoms. The lowest BCUT2D eigenvalue weighted by Crippen LogP contribution is -2.50. The van der Waals surface area contributed by atoms with Crippen LogP contribution in [0.15, 0.2) is 35.5 Å². The number of hydrogen-bond acceptors (Lipinski definition) is 6. The van der Waals surface area contributed by atoms with Crippen LogP contribution in [-0.2, 0) is 30.1 Å². The summed E-state index contributed by atoms with van der Waals surface area (Å²) >= 11 is 0. The molecule has 0 spiro atoms. The molecule has 1 saturated heterocycles. The van der Waals surface area contributed by atoms with E-state index in [-0.39, 0.29) is 5.04 Å². The van der Waals surface area contributed by atoms with Crippen molar-refractivity contribution in [2.45, 2.75) is 83.5 Å². The zero-order chi connectivity index (χ0) is 21.0. The van der Waals surface area contributed by atoms with Crippen LogP contribution in [0, 0.1) is 0 Å². The molecule has 0 radical (unpaired) electrons. The average molecular weight is 408 g/mol. The predicted molar refractivity (Wildman–Crippen MR) is 112 cm³/mol. The smallest absolute Gasteiger partial charge is 0.193 e. The summed E-state index contributed by atoms with van der Waals surface area (Å²) in [6, 6.07) is 9.77. The van der Waals surface area contributed by atoms with Crippen molar-refractivity contribution in [3.8, 4) is 0 Å². The molecule has 0 saturated carbocycles. The highest BCUT2D eigenvalue weighted by atomic mass is 28.4. The number of ether oxygens (including phenoxy) is 2. The van der Waals surface area contributed by atoms with Gasteiger partial charge in [-0.15, -0.1) is 0 Å². The van der Waals surface area contributed by atoms with Gasteiger partial charge < -0.3 is 23.5 Å². The third-order valence-electron chi connectivity index (χ3n) is 5.21. The summed E-state index contributed by atoms with van der Waals surface area (Å²) in [4.78, 5) is 17.2. The maximum atomic E-state index is 11.9. The second-order valence-corrected chi connectivity index (χ2v) is 13.8. The lowest BCUT2D eigenvalue weighted by atomic mass is 10.1. The molecule has 7 heteroatoms. The number of aldehydes is 1. The number of carbonyl (C=O) groups excluding carboxylic acids is 1. The molecule has 0 unspecified atom stereocenters. The second-order valence-electron chi connectivity index (χ2n) is 9.06. The number of oxime groups is 1. The van der Waals surface area contributed by atoms with E-state index in [0.717, 1.165) is 11.8 Å². The average Bonchev–Trinajstić information content (AvgIpc) is 2.91. The summed E-state index contributed by atoms with van der Waals surface area (Å²) < 4.78 is 18.2. The highest BCUT2D eigenvalue weighted by Gasteiger charge is 2.48. The number of nitrogens with zero attached hydrogens (tertiary/aromatic N) is 1. The summed E-state index contributed by atoms with van der Waals surface area (Å²) in [5.74, 6) is -0.834. The Balaban J connectivity index is 2.07. The van der Waals surface area contributed by atoms with Crippen LogP contribution in [-0.4, -0.2) is 44.9 Å². The first-order chi connectivity index (χ1) is 13.0. The molecule has 1 aliphatic heterocycles. The van der Waals surface area contributed by atoms with E-state index < -0.39 is 32.4 Å². The largest absolute Gasteiger partial charge is 0.404 e. The summed E-state index contributed by atoms with van der Waals surface area (Å²) in [7, 11) is -2.16. The van der Waals surface area contributed by atoms with Gasteiger partial charge in [-0.2, -0.15) is 0 Å². The fraction of sp³-hybridized carbons (Fsp3) is 0.619. The van der Waals surface area contributed by atoms with Crippen LogP contribution in [0.5, 0.6) is 0 Å². The van der Waals surface area contributed by atoms with E-state index in [1.807, 2.05) is 44.2 Å². The van der Waals surface area contributed by atoms with Crippen LogP contribution in [0.4, 0.5) is 0 Å². The highest BCUT2D eigenvalue weighted by molar-refractivity contribution is 6.74. The molecule has 28 heavy (non-hydrogen) atoms. The van der Waals surface area contributed by atoms with E-state index in [1.165, 1.54) is 0 Å². The van der Waals surface area contributed by atoms with Crippen LogP contribution in [0.2, 0.25) is 18.1 Å². The molecule has 2 rings (SSSR count). The zero-order valence-electron chi connectivity index (χ0n) is 18.0. The van der Waals surface area contributed by atoms with Gasteiger partial charge in [0.1, 0.15) is 31.2 Å². The lowest BCUT2D eigenvalue weighted by Gasteiger charge is -2.39. The van der Waals surface area contributed by atoms with Gasteiger partial charge in [0.2, 0.25) is 0 Å². The van der Waals surface area contributed by atoms with Crippen molar-refractivity contribution in [2.75, 3.05) is 0 Å². The van der Waals surface area contributed by atoms with E-state index in [0.29, 0.717) is 6.61 Å². The topological polar surface area (TPSA) is 66.4 Å². The van der Waals surface area contributed by atoms with E-state index in [4.69, 9.17) is 18.7 Å². The maximum absolute atomic E-state index is 11.9. The first-order valence-electron chi connectivity index (χ1n) is 9.63. The molecule has 0 aromatic heterocycles. The van der Waals surface area contributed by atoms with E-state index >= 15 is 0 Å². The second kappa shape index (κ2) is 8.86. The molecule has 0 N–H and O–H groups in total. The first kappa shape index (κ1) is 22.7. The SMILES string of the molecule is CC1(C)O[C@@H]([C@@H](C=O)O[Si](C)(C)C(C)(C)C)[C@@H](/C=N/OCc2ccccc2)O1. The minimum atomic E-state index is -2.16. The number of carbonyl (C=O) groups is 1. The molecule has 6 nitrogen and oxygen atoms in total. The third kappa shape index (κ3) is 5.98. The van der Waals surface area contributed by atoms with Gasteiger partial charge in [0.15, 0.2) is 14.1 Å². The molecule has 156 valence electrons. The fourth-order valence-electron chi connectivity index (χ4n) is 2.66. The molecule has 1 aliphatic rings. The molecule has 3 atom stereocenters. The van der Waals surface area contributed by atoms with Crippen LogP contribution >= 0.6 is 0 Å². The Morgan fingerprint density at radius 3 is 2.43 bits per heavy atom. The monoisotopic (exact) mass is 407 g/mol. The van der Waals surface area contributed by atoms with E-state index in [2.05, 4.69) is 39.0 Å². The van der Waals surface area contributed by atoms with Crippen molar-refractivity contribution in [1.82, 2.24) is 0 Å². The number of rotatable bonds is 8. The Morgan fingerprint density at radius 1 is 1.21 bits per heavy atom. The molecule has 1 heterocycles.